The van der Waals surface area contributed by atoms with Crippen molar-refractivity contribution in [1.29, 1.82) is 0 Å². The summed E-state index contributed by atoms with van der Waals surface area (Å²) >= 11 is 0. The molecule has 3 heterocycles. The van der Waals surface area contributed by atoms with Crippen molar-refractivity contribution in [2.24, 2.45) is 0 Å². The van der Waals surface area contributed by atoms with Gasteiger partial charge in [0, 0.05) is 19.3 Å². The van der Waals surface area contributed by atoms with Crippen molar-refractivity contribution >= 4 is 11.7 Å². The van der Waals surface area contributed by atoms with Crippen LogP contribution in [0.2, 0.25) is 0 Å². The summed E-state index contributed by atoms with van der Waals surface area (Å²) in [6, 6.07) is 5.52. The number of carbonyl (C=O) groups excluding carboxylic acids is 1. The molecule has 0 aliphatic heterocycles. The van der Waals surface area contributed by atoms with Crippen molar-refractivity contribution in [2.75, 3.05) is 26.1 Å². The summed E-state index contributed by atoms with van der Waals surface area (Å²) in [5.74, 6) is 0.906. The first-order valence-corrected chi connectivity index (χ1v) is 8.82. The Hall–Kier alpha value is -3.27. The molecule has 0 aromatic carbocycles. The van der Waals surface area contributed by atoms with E-state index in [1.54, 1.807) is 36.4 Å². The first-order valence-electron chi connectivity index (χ1n) is 8.82. The third kappa shape index (κ3) is 4.17. The Morgan fingerprint density at radius 1 is 1.29 bits per heavy atom. The van der Waals surface area contributed by atoms with Crippen molar-refractivity contribution in [3.8, 4) is 17.4 Å². The molecule has 0 bridgehead atoms. The predicted octanol–water partition coefficient (Wildman–Crippen LogP) is 2.02. The number of aromatic nitrogens is 6. The van der Waals surface area contributed by atoms with Crippen LogP contribution in [0, 0.1) is 0 Å². The number of methoxy groups -OCH3 is 2. The summed E-state index contributed by atoms with van der Waals surface area (Å²) in [5.41, 5.74) is 0.933. The Morgan fingerprint density at radius 3 is 2.82 bits per heavy atom. The van der Waals surface area contributed by atoms with Gasteiger partial charge in [0.05, 0.1) is 20.3 Å². The number of nitrogens with zero attached hydrogens (tertiary/aromatic N) is 6. The average Bonchev–Trinajstić information content (AvgIpc) is 3.33. The number of carbonyl (C=O) groups is 1. The molecule has 1 N–H and O–H groups in total. The quantitative estimate of drug-likeness (QED) is 0.632. The van der Waals surface area contributed by atoms with Gasteiger partial charge in [-0.25, -0.2) is 4.98 Å². The Morgan fingerprint density at radius 2 is 2.11 bits per heavy atom. The van der Waals surface area contributed by atoms with Crippen LogP contribution in [0.4, 0.5) is 5.82 Å². The van der Waals surface area contributed by atoms with Gasteiger partial charge in [0.25, 0.3) is 5.91 Å². The van der Waals surface area contributed by atoms with E-state index in [4.69, 9.17) is 9.47 Å². The van der Waals surface area contributed by atoms with Crippen molar-refractivity contribution < 1.29 is 14.3 Å². The lowest BCUT2D eigenvalue weighted by Crippen LogP contribution is -2.14. The van der Waals surface area contributed by atoms with Gasteiger partial charge in [-0.1, -0.05) is 6.07 Å². The van der Waals surface area contributed by atoms with E-state index in [-0.39, 0.29) is 17.8 Å². The molecule has 28 heavy (non-hydrogen) atoms. The van der Waals surface area contributed by atoms with Crippen LogP contribution in [0.15, 0.2) is 30.7 Å². The summed E-state index contributed by atoms with van der Waals surface area (Å²) in [4.78, 5) is 17.2. The second-order valence-electron chi connectivity index (χ2n) is 6.33. The monoisotopic (exact) mass is 385 g/mol. The van der Waals surface area contributed by atoms with E-state index in [1.165, 1.54) is 7.11 Å². The normalized spacial score (nSPS) is 11.0. The molecule has 0 saturated carbocycles. The first-order chi connectivity index (χ1) is 13.5. The molecule has 1 amide bonds. The fourth-order valence-corrected chi connectivity index (χ4v) is 2.63. The van der Waals surface area contributed by atoms with E-state index >= 15 is 0 Å². The second-order valence-corrected chi connectivity index (χ2v) is 6.33. The standard InChI is InChI=1S/C18H23N7O3/c1-12(2)25-11-19-22-16(25)14-6-5-7-15(20-14)21-17(26)13-10-24(8-9-27-3)23-18(13)28-4/h5-7,10-12H,8-9H2,1-4H3,(H,20,21,26). The molecule has 3 aromatic rings. The van der Waals surface area contributed by atoms with Gasteiger partial charge in [-0.15, -0.1) is 15.3 Å². The SMILES string of the molecule is COCCn1cc(C(=O)Nc2cccc(-c3nncn3C(C)C)n2)c(OC)n1. The predicted molar refractivity (Wildman–Crippen MR) is 102 cm³/mol. The zero-order valence-corrected chi connectivity index (χ0v) is 16.3. The Kier molecular flexibility index (Phi) is 5.99. The molecule has 0 atom stereocenters. The van der Waals surface area contributed by atoms with Crippen molar-refractivity contribution in [3.05, 3.63) is 36.3 Å². The molecule has 3 rings (SSSR count). The third-order valence-electron chi connectivity index (χ3n) is 4.04. The number of rotatable bonds is 8. The van der Waals surface area contributed by atoms with Gasteiger partial charge in [-0.2, -0.15) is 0 Å². The van der Waals surface area contributed by atoms with Gasteiger partial charge in [-0.3, -0.25) is 9.48 Å². The van der Waals surface area contributed by atoms with Gasteiger partial charge >= 0.3 is 0 Å². The number of anilines is 1. The maximum atomic E-state index is 12.7. The van der Waals surface area contributed by atoms with Crippen LogP contribution in [-0.4, -0.2) is 56.3 Å². The van der Waals surface area contributed by atoms with Crippen LogP contribution in [-0.2, 0) is 11.3 Å². The molecule has 0 aliphatic carbocycles. The van der Waals surface area contributed by atoms with Crippen molar-refractivity contribution in [2.45, 2.75) is 26.4 Å². The molecule has 0 unspecified atom stereocenters. The molecule has 0 fully saturated rings. The van der Waals surface area contributed by atoms with Crippen LogP contribution >= 0.6 is 0 Å². The van der Waals surface area contributed by atoms with E-state index in [0.29, 0.717) is 36.1 Å². The lowest BCUT2D eigenvalue weighted by atomic mass is 10.3. The summed E-state index contributed by atoms with van der Waals surface area (Å²) in [6.45, 7) is 5.06. The number of hydrogen-bond acceptors (Lipinski definition) is 7. The third-order valence-corrected chi connectivity index (χ3v) is 4.04. The number of hydrogen-bond donors (Lipinski definition) is 1. The van der Waals surface area contributed by atoms with Crippen LogP contribution in [0.5, 0.6) is 5.88 Å². The Labute approximate surface area is 162 Å². The summed E-state index contributed by atoms with van der Waals surface area (Å²) < 4.78 is 13.8. The van der Waals surface area contributed by atoms with Gasteiger partial charge in [0.2, 0.25) is 5.88 Å². The topological polar surface area (TPSA) is 109 Å². The Balaban J connectivity index is 1.82. The maximum absolute atomic E-state index is 12.7. The molecule has 148 valence electrons. The van der Waals surface area contributed by atoms with Crippen molar-refractivity contribution in [1.82, 2.24) is 29.5 Å². The van der Waals surface area contributed by atoms with Gasteiger partial charge in [0.1, 0.15) is 23.4 Å². The molecule has 10 heteroatoms. The average molecular weight is 385 g/mol. The maximum Gasteiger partial charge on any atom is 0.263 e. The molecular weight excluding hydrogens is 362 g/mol. The van der Waals surface area contributed by atoms with Crippen LogP contribution in [0.25, 0.3) is 11.5 Å². The highest BCUT2D eigenvalue weighted by Gasteiger charge is 2.19. The zero-order valence-electron chi connectivity index (χ0n) is 16.3. The smallest absolute Gasteiger partial charge is 0.263 e. The molecule has 10 nitrogen and oxygen atoms in total. The van der Waals surface area contributed by atoms with E-state index in [9.17, 15) is 4.79 Å². The number of pyridine rings is 1. The first kappa shape index (κ1) is 19.5. The fraction of sp³-hybridized carbons (Fsp3) is 0.389. The fourth-order valence-electron chi connectivity index (χ4n) is 2.63. The minimum absolute atomic E-state index is 0.187. The lowest BCUT2D eigenvalue weighted by molar-refractivity contribution is 0.102. The van der Waals surface area contributed by atoms with Gasteiger partial charge in [-0.05, 0) is 26.0 Å². The lowest BCUT2D eigenvalue weighted by Gasteiger charge is -2.10. The van der Waals surface area contributed by atoms with Crippen molar-refractivity contribution in [3.63, 3.8) is 0 Å². The second kappa shape index (κ2) is 8.61. The summed E-state index contributed by atoms with van der Waals surface area (Å²) in [6.07, 6.45) is 3.28. The highest BCUT2D eigenvalue weighted by Crippen LogP contribution is 2.21. The summed E-state index contributed by atoms with van der Waals surface area (Å²) in [5, 5.41) is 15.1. The van der Waals surface area contributed by atoms with Gasteiger partial charge < -0.3 is 19.4 Å². The molecule has 3 aromatic heterocycles. The minimum atomic E-state index is -0.365. The molecule has 0 spiro atoms. The molecule has 0 saturated heterocycles. The largest absolute Gasteiger partial charge is 0.479 e. The number of ether oxygens (including phenoxy) is 2. The van der Waals surface area contributed by atoms with E-state index in [2.05, 4.69) is 25.6 Å². The van der Waals surface area contributed by atoms with Gasteiger partial charge in [0.15, 0.2) is 5.82 Å². The highest BCUT2D eigenvalue weighted by molar-refractivity contribution is 6.05. The number of nitrogens with one attached hydrogen (secondary N) is 1. The minimum Gasteiger partial charge on any atom is -0.479 e. The van der Waals surface area contributed by atoms with Crippen LogP contribution < -0.4 is 10.1 Å². The summed E-state index contributed by atoms with van der Waals surface area (Å²) in [7, 11) is 3.07. The molecule has 0 aliphatic rings. The number of amides is 1. The Bertz CT molecular complexity index is 948. The van der Waals surface area contributed by atoms with Crippen LogP contribution in [0.1, 0.15) is 30.2 Å². The van der Waals surface area contributed by atoms with E-state index in [1.807, 2.05) is 24.5 Å². The molecule has 0 radical (unpaired) electrons. The van der Waals surface area contributed by atoms with E-state index < -0.39 is 0 Å². The highest BCUT2D eigenvalue weighted by atomic mass is 16.5. The zero-order chi connectivity index (χ0) is 20.1. The molecular formula is C18H23N7O3. The van der Waals surface area contributed by atoms with Crippen LogP contribution in [0.3, 0.4) is 0 Å². The van der Waals surface area contributed by atoms with E-state index in [0.717, 1.165) is 0 Å².